The zero-order valence-corrected chi connectivity index (χ0v) is 16.4. The van der Waals surface area contributed by atoms with Crippen LogP contribution in [0.15, 0.2) is 76.4 Å². The van der Waals surface area contributed by atoms with E-state index in [-0.39, 0.29) is 10.6 Å². The molecule has 0 fully saturated rings. The third-order valence-corrected chi connectivity index (χ3v) is 6.30. The number of pyridine rings is 1. The molecule has 1 aromatic heterocycles. The highest BCUT2D eigenvalue weighted by Crippen LogP contribution is 2.31. The SMILES string of the molecule is CNS(=O)(=O)c1ccc2c(c1)c1ccccc1c(=O)n2-c1ccc(C(F)(F)F)cc1. The number of hydrogen-bond donors (Lipinski definition) is 1. The van der Waals surface area contributed by atoms with E-state index in [1.54, 1.807) is 24.3 Å². The standard InChI is InChI=1S/C21H15F3N2O3S/c1-25-30(28,29)15-10-11-19-18(12-15)16-4-2-3-5-17(16)20(27)26(19)14-8-6-13(7-9-14)21(22,23)24/h2-12,25H,1H3. The molecule has 0 bridgehead atoms. The van der Waals surface area contributed by atoms with Crippen molar-refractivity contribution in [3.05, 3.63) is 82.6 Å². The van der Waals surface area contributed by atoms with Crippen molar-refractivity contribution in [2.75, 3.05) is 7.05 Å². The van der Waals surface area contributed by atoms with Crippen molar-refractivity contribution in [3.63, 3.8) is 0 Å². The second-order valence-corrected chi connectivity index (χ2v) is 8.50. The Labute approximate surface area is 169 Å². The number of nitrogens with one attached hydrogen (secondary N) is 1. The van der Waals surface area contributed by atoms with Crippen molar-refractivity contribution in [1.29, 1.82) is 0 Å². The average molecular weight is 432 g/mol. The zero-order valence-electron chi connectivity index (χ0n) is 15.6. The molecule has 3 aromatic carbocycles. The van der Waals surface area contributed by atoms with E-state index in [0.29, 0.717) is 21.7 Å². The molecule has 0 aliphatic heterocycles. The summed E-state index contributed by atoms with van der Waals surface area (Å²) in [7, 11) is -2.44. The molecular formula is C21H15F3N2O3S. The number of aromatic nitrogens is 1. The van der Waals surface area contributed by atoms with E-state index in [4.69, 9.17) is 0 Å². The van der Waals surface area contributed by atoms with Gasteiger partial charge < -0.3 is 0 Å². The number of alkyl halides is 3. The third kappa shape index (κ3) is 3.25. The van der Waals surface area contributed by atoms with E-state index in [9.17, 15) is 26.4 Å². The Bertz CT molecular complexity index is 1440. The number of hydrogen-bond acceptors (Lipinski definition) is 3. The Morgan fingerprint density at radius 1 is 0.867 bits per heavy atom. The maximum absolute atomic E-state index is 13.2. The van der Waals surface area contributed by atoms with Gasteiger partial charge in [0.2, 0.25) is 10.0 Å². The number of rotatable bonds is 3. The number of nitrogens with zero attached hydrogens (tertiary/aromatic N) is 1. The molecule has 0 saturated heterocycles. The molecule has 0 aliphatic rings. The minimum absolute atomic E-state index is 0.0141. The van der Waals surface area contributed by atoms with Gasteiger partial charge in [0.25, 0.3) is 5.56 Å². The van der Waals surface area contributed by atoms with E-state index in [2.05, 4.69) is 4.72 Å². The van der Waals surface area contributed by atoms with Gasteiger partial charge >= 0.3 is 6.18 Å². The fourth-order valence-electron chi connectivity index (χ4n) is 3.40. The molecule has 1 heterocycles. The first-order valence-electron chi connectivity index (χ1n) is 8.82. The molecule has 1 N–H and O–H groups in total. The maximum Gasteiger partial charge on any atom is 0.416 e. The lowest BCUT2D eigenvalue weighted by Crippen LogP contribution is -2.21. The predicted octanol–water partition coefficient (Wildman–Crippen LogP) is 4.07. The molecule has 0 radical (unpaired) electrons. The molecule has 9 heteroatoms. The molecule has 30 heavy (non-hydrogen) atoms. The highest BCUT2D eigenvalue weighted by atomic mass is 32.2. The van der Waals surface area contributed by atoms with Crippen LogP contribution in [0.4, 0.5) is 13.2 Å². The summed E-state index contributed by atoms with van der Waals surface area (Å²) in [5, 5.41) is 1.36. The van der Waals surface area contributed by atoms with Gasteiger partial charge in [-0.25, -0.2) is 13.1 Å². The smallest absolute Gasteiger partial charge is 0.276 e. The summed E-state index contributed by atoms with van der Waals surface area (Å²) in [4.78, 5) is 13.2. The summed E-state index contributed by atoms with van der Waals surface area (Å²) >= 11 is 0. The summed E-state index contributed by atoms with van der Waals surface area (Å²) < 4.78 is 66.8. The molecule has 154 valence electrons. The summed E-state index contributed by atoms with van der Waals surface area (Å²) in [6, 6.07) is 15.2. The molecule has 4 rings (SSSR count). The molecular weight excluding hydrogens is 417 g/mol. The van der Waals surface area contributed by atoms with Gasteiger partial charge in [-0.3, -0.25) is 9.36 Å². The van der Waals surface area contributed by atoms with Gasteiger partial charge in [0.15, 0.2) is 0 Å². The average Bonchev–Trinajstić information content (AvgIpc) is 2.73. The molecule has 0 unspecified atom stereocenters. The Hall–Kier alpha value is -3.17. The van der Waals surface area contributed by atoms with Gasteiger partial charge in [-0.2, -0.15) is 13.2 Å². The van der Waals surface area contributed by atoms with Crippen molar-refractivity contribution >= 4 is 31.7 Å². The lowest BCUT2D eigenvalue weighted by molar-refractivity contribution is -0.137. The van der Waals surface area contributed by atoms with Crippen LogP contribution in [-0.2, 0) is 16.2 Å². The fourth-order valence-corrected chi connectivity index (χ4v) is 4.16. The van der Waals surface area contributed by atoms with Gasteiger partial charge in [-0.15, -0.1) is 0 Å². The summed E-state index contributed by atoms with van der Waals surface area (Å²) in [6.45, 7) is 0. The Morgan fingerprint density at radius 2 is 1.50 bits per heavy atom. The van der Waals surface area contributed by atoms with Crippen LogP contribution in [0.2, 0.25) is 0 Å². The van der Waals surface area contributed by atoms with E-state index in [0.717, 1.165) is 12.1 Å². The quantitative estimate of drug-likeness (QED) is 0.497. The molecule has 5 nitrogen and oxygen atoms in total. The first kappa shape index (κ1) is 20.1. The van der Waals surface area contributed by atoms with Gasteiger partial charge in [0, 0.05) is 16.5 Å². The van der Waals surface area contributed by atoms with Crippen LogP contribution in [0.25, 0.3) is 27.4 Å². The number of sulfonamides is 1. The Kier molecular flexibility index (Phi) is 4.67. The van der Waals surface area contributed by atoms with Crippen LogP contribution in [0.3, 0.4) is 0 Å². The van der Waals surface area contributed by atoms with Crippen LogP contribution >= 0.6 is 0 Å². The number of fused-ring (bicyclic) bond motifs is 3. The van der Waals surface area contributed by atoms with Crippen LogP contribution in [0.1, 0.15) is 5.56 Å². The highest BCUT2D eigenvalue weighted by Gasteiger charge is 2.30. The van der Waals surface area contributed by atoms with E-state index in [1.165, 1.54) is 41.9 Å². The molecule has 0 amide bonds. The predicted molar refractivity (Wildman–Crippen MR) is 108 cm³/mol. The van der Waals surface area contributed by atoms with Gasteiger partial charge in [0.05, 0.1) is 16.0 Å². The van der Waals surface area contributed by atoms with E-state index in [1.807, 2.05) is 0 Å². The first-order chi connectivity index (χ1) is 14.1. The summed E-state index contributed by atoms with van der Waals surface area (Å²) in [5.41, 5.74) is -0.615. The van der Waals surface area contributed by atoms with Gasteiger partial charge in [-0.1, -0.05) is 18.2 Å². The van der Waals surface area contributed by atoms with Crippen LogP contribution < -0.4 is 10.3 Å². The van der Waals surface area contributed by atoms with Gasteiger partial charge in [0.1, 0.15) is 0 Å². The van der Waals surface area contributed by atoms with Crippen LogP contribution in [0, 0.1) is 0 Å². The molecule has 0 spiro atoms. The van der Waals surface area contributed by atoms with Crippen LogP contribution in [-0.4, -0.2) is 20.0 Å². The molecule has 0 saturated carbocycles. The highest BCUT2D eigenvalue weighted by molar-refractivity contribution is 7.89. The van der Waals surface area contributed by atoms with Gasteiger partial charge in [-0.05, 0) is 61.0 Å². The second kappa shape index (κ2) is 6.96. The van der Waals surface area contributed by atoms with Crippen molar-refractivity contribution in [3.8, 4) is 5.69 Å². The first-order valence-corrected chi connectivity index (χ1v) is 10.3. The van der Waals surface area contributed by atoms with Crippen molar-refractivity contribution in [2.24, 2.45) is 0 Å². The lowest BCUT2D eigenvalue weighted by atomic mass is 10.1. The number of benzene rings is 3. The van der Waals surface area contributed by atoms with Crippen LogP contribution in [0.5, 0.6) is 0 Å². The normalized spacial score (nSPS) is 12.5. The molecule has 0 atom stereocenters. The summed E-state index contributed by atoms with van der Waals surface area (Å²) in [5.74, 6) is 0. The largest absolute Gasteiger partial charge is 0.416 e. The lowest BCUT2D eigenvalue weighted by Gasteiger charge is -2.15. The minimum Gasteiger partial charge on any atom is -0.276 e. The third-order valence-electron chi connectivity index (χ3n) is 4.89. The summed E-state index contributed by atoms with van der Waals surface area (Å²) in [6.07, 6.45) is -4.49. The molecule has 4 aromatic rings. The number of halogens is 3. The Morgan fingerprint density at radius 3 is 2.10 bits per heavy atom. The van der Waals surface area contributed by atoms with Crippen molar-refractivity contribution in [1.82, 2.24) is 9.29 Å². The minimum atomic E-state index is -4.49. The fraction of sp³-hybridized carbons (Fsp3) is 0.0952. The van der Waals surface area contributed by atoms with Crippen molar-refractivity contribution in [2.45, 2.75) is 11.1 Å². The maximum atomic E-state index is 13.2. The second-order valence-electron chi connectivity index (χ2n) is 6.62. The zero-order chi connectivity index (χ0) is 21.7. The van der Waals surface area contributed by atoms with Crippen molar-refractivity contribution < 1.29 is 21.6 Å². The topological polar surface area (TPSA) is 68.2 Å². The van der Waals surface area contributed by atoms with E-state index < -0.39 is 27.3 Å². The molecule has 0 aliphatic carbocycles. The Balaban J connectivity index is 2.09. The monoisotopic (exact) mass is 432 g/mol. The van der Waals surface area contributed by atoms with E-state index >= 15 is 0 Å².